The minimum Gasteiger partial charge on any atom is -0.481 e. The van der Waals surface area contributed by atoms with Gasteiger partial charge >= 0.3 is 12.1 Å². The standard InChI is InChI=1S/C16H20F3NO2/c1-9(2)20-8-11(15(3,4)14(21)22)13-10(16(17,18)19)6-5-7-12(13)20/h5-7,9,11H,8H2,1-4H3,(H,21,22). The predicted octanol–water partition coefficient (Wildman–Crippen LogP) is 4.13. The van der Waals surface area contributed by atoms with Crippen LogP contribution in [0, 0.1) is 5.41 Å². The minimum absolute atomic E-state index is 0.00294. The molecule has 0 bridgehead atoms. The van der Waals surface area contributed by atoms with Crippen LogP contribution in [-0.4, -0.2) is 23.7 Å². The molecule has 1 atom stereocenters. The van der Waals surface area contributed by atoms with Crippen molar-refractivity contribution >= 4 is 11.7 Å². The summed E-state index contributed by atoms with van der Waals surface area (Å²) in [5.41, 5.74) is -1.41. The first kappa shape index (κ1) is 16.6. The first-order valence-corrected chi connectivity index (χ1v) is 7.18. The van der Waals surface area contributed by atoms with Crippen LogP contribution in [0.25, 0.3) is 0 Å². The third-order valence-corrected chi connectivity index (χ3v) is 4.47. The number of alkyl halides is 3. The van der Waals surface area contributed by atoms with Crippen molar-refractivity contribution in [3.8, 4) is 0 Å². The van der Waals surface area contributed by atoms with Crippen LogP contribution < -0.4 is 4.90 Å². The Morgan fingerprint density at radius 1 is 1.32 bits per heavy atom. The number of carboxylic acid groups (broad SMARTS) is 1. The highest BCUT2D eigenvalue weighted by Crippen LogP contribution is 2.51. The lowest BCUT2D eigenvalue weighted by molar-refractivity contribution is -0.149. The van der Waals surface area contributed by atoms with Crippen molar-refractivity contribution in [2.45, 2.75) is 45.8 Å². The van der Waals surface area contributed by atoms with E-state index in [-0.39, 0.29) is 18.2 Å². The van der Waals surface area contributed by atoms with Gasteiger partial charge in [0.05, 0.1) is 11.0 Å². The number of halogens is 3. The average Bonchev–Trinajstić information content (AvgIpc) is 2.77. The van der Waals surface area contributed by atoms with Gasteiger partial charge in [-0.1, -0.05) is 6.07 Å². The summed E-state index contributed by atoms with van der Waals surface area (Å²) in [6.07, 6.45) is -4.49. The number of benzene rings is 1. The zero-order chi connectivity index (χ0) is 16.9. The Labute approximate surface area is 127 Å². The van der Waals surface area contributed by atoms with Crippen LogP contribution in [0.4, 0.5) is 18.9 Å². The third-order valence-electron chi connectivity index (χ3n) is 4.47. The third kappa shape index (κ3) is 2.55. The molecule has 1 aliphatic rings. The molecule has 1 unspecified atom stereocenters. The molecule has 0 saturated carbocycles. The van der Waals surface area contributed by atoms with Gasteiger partial charge in [-0.05, 0) is 45.4 Å². The summed E-state index contributed by atoms with van der Waals surface area (Å²) in [5.74, 6) is -1.80. The van der Waals surface area contributed by atoms with E-state index in [0.717, 1.165) is 6.07 Å². The lowest BCUT2D eigenvalue weighted by Gasteiger charge is -2.30. The lowest BCUT2D eigenvalue weighted by atomic mass is 9.74. The van der Waals surface area contributed by atoms with E-state index in [1.807, 2.05) is 18.7 Å². The van der Waals surface area contributed by atoms with Crippen molar-refractivity contribution < 1.29 is 23.1 Å². The molecule has 0 saturated heterocycles. The van der Waals surface area contributed by atoms with Gasteiger partial charge in [0.25, 0.3) is 0 Å². The fourth-order valence-corrected chi connectivity index (χ4v) is 3.03. The van der Waals surface area contributed by atoms with Crippen LogP contribution in [0.1, 0.15) is 44.7 Å². The maximum Gasteiger partial charge on any atom is 0.416 e. The molecule has 0 fully saturated rings. The van der Waals surface area contributed by atoms with E-state index in [1.54, 1.807) is 6.07 Å². The molecule has 3 nitrogen and oxygen atoms in total. The van der Waals surface area contributed by atoms with Crippen LogP contribution in [-0.2, 0) is 11.0 Å². The number of hydrogen-bond acceptors (Lipinski definition) is 2. The number of rotatable bonds is 3. The number of nitrogens with zero attached hydrogens (tertiary/aromatic N) is 1. The molecule has 0 amide bonds. The molecule has 0 spiro atoms. The Morgan fingerprint density at radius 2 is 1.91 bits per heavy atom. The summed E-state index contributed by atoms with van der Waals surface area (Å²) in [5, 5.41) is 9.45. The van der Waals surface area contributed by atoms with E-state index in [2.05, 4.69) is 0 Å². The molecule has 22 heavy (non-hydrogen) atoms. The molecule has 1 N–H and O–H groups in total. The maximum absolute atomic E-state index is 13.4. The van der Waals surface area contributed by atoms with Crippen LogP contribution in [0.5, 0.6) is 0 Å². The molecule has 2 rings (SSSR count). The van der Waals surface area contributed by atoms with E-state index in [1.165, 1.54) is 19.9 Å². The van der Waals surface area contributed by atoms with Crippen molar-refractivity contribution in [1.29, 1.82) is 0 Å². The Balaban J connectivity index is 2.69. The molecule has 6 heteroatoms. The lowest BCUT2D eigenvalue weighted by Crippen LogP contribution is -2.37. The van der Waals surface area contributed by atoms with E-state index in [0.29, 0.717) is 5.69 Å². The van der Waals surface area contributed by atoms with Crippen molar-refractivity contribution in [3.63, 3.8) is 0 Å². The summed E-state index contributed by atoms with van der Waals surface area (Å²) in [4.78, 5) is 13.4. The van der Waals surface area contributed by atoms with Crippen molar-refractivity contribution in [2.24, 2.45) is 5.41 Å². The largest absolute Gasteiger partial charge is 0.481 e. The number of fused-ring (bicyclic) bond motifs is 1. The monoisotopic (exact) mass is 315 g/mol. The fraction of sp³-hybridized carbons (Fsp3) is 0.562. The van der Waals surface area contributed by atoms with Crippen molar-refractivity contribution in [2.75, 3.05) is 11.4 Å². The van der Waals surface area contributed by atoms with Crippen LogP contribution in [0.15, 0.2) is 18.2 Å². The number of anilines is 1. The molecule has 1 aromatic rings. The van der Waals surface area contributed by atoms with Gasteiger partial charge in [0.1, 0.15) is 0 Å². The Morgan fingerprint density at radius 3 is 2.36 bits per heavy atom. The van der Waals surface area contributed by atoms with E-state index in [4.69, 9.17) is 0 Å². The van der Waals surface area contributed by atoms with Gasteiger partial charge in [-0.15, -0.1) is 0 Å². The van der Waals surface area contributed by atoms with Gasteiger partial charge < -0.3 is 10.0 Å². The molecule has 0 aromatic heterocycles. The number of hydrogen-bond donors (Lipinski definition) is 1. The molecular formula is C16H20F3NO2. The first-order valence-electron chi connectivity index (χ1n) is 7.18. The quantitative estimate of drug-likeness (QED) is 0.912. The van der Waals surface area contributed by atoms with E-state index >= 15 is 0 Å². The van der Waals surface area contributed by atoms with E-state index < -0.39 is 29.0 Å². The van der Waals surface area contributed by atoms with Crippen molar-refractivity contribution in [3.05, 3.63) is 29.3 Å². The Kier molecular flexibility index (Phi) is 3.92. The smallest absolute Gasteiger partial charge is 0.416 e. The SMILES string of the molecule is CC(C)N1CC(C(C)(C)C(=O)O)c2c1cccc2C(F)(F)F. The zero-order valence-corrected chi connectivity index (χ0v) is 13.0. The van der Waals surface area contributed by atoms with Gasteiger partial charge in [-0.2, -0.15) is 13.2 Å². The Hall–Kier alpha value is -1.72. The molecular weight excluding hydrogens is 295 g/mol. The number of carboxylic acids is 1. The normalized spacial score (nSPS) is 18.7. The summed E-state index contributed by atoms with van der Waals surface area (Å²) < 4.78 is 40.1. The second-order valence-electron chi connectivity index (χ2n) is 6.56. The zero-order valence-electron chi connectivity index (χ0n) is 13.0. The molecule has 1 aromatic carbocycles. The van der Waals surface area contributed by atoms with Gasteiger partial charge in [0.2, 0.25) is 0 Å². The topological polar surface area (TPSA) is 40.5 Å². The minimum atomic E-state index is -4.49. The van der Waals surface area contributed by atoms with Gasteiger partial charge in [-0.3, -0.25) is 4.79 Å². The maximum atomic E-state index is 13.4. The first-order chi connectivity index (χ1) is 9.98. The molecule has 1 aliphatic heterocycles. The summed E-state index contributed by atoms with van der Waals surface area (Å²) in [7, 11) is 0. The highest BCUT2D eigenvalue weighted by Gasteiger charge is 2.48. The molecule has 1 heterocycles. The fourth-order valence-electron chi connectivity index (χ4n) is 3.03. The molecule has 0 aliphatic carbocycles. The number of aliphatic carboxylic acids is 1. The predicted molar refractivity (Wildman–Crippen MR) is 78.1 cm³/mol. The van der Waals surface area contributed by atoms with Crippen LogP contribution in [0.2, 0.25) is 0 Å². The van der Waals surface area contributed by atoms with Gasteiger partial charge in [0.15, 0.2) is 0 Å². The highest BCUT2D eigenvalue weighted by molar-refractivity contribution is 5.78. The van der Waals surface area contributed by atoms with Gasteiger partial charge in [-0.25, -0.2) is 0 Å². The number of carbonyl (C=O) groups is 1. The molecule has 0 radical (unpaired) electrons. The molecule has 122 valence electrons. The summed E-state index contributed by atoms with van der Waals surface area (Å²) in [6, 6.07) is 4.06. The van der Waals surface area contributed by atoms with Gasteiger partial charge in [0, 0.05) is 24.2 Å². The van der Waals surface area contributed by atoms with Crippen LogP contribution in [0.3, 0.4) is 0 Å². The summed E-state index contributed by atoms with van der Waals surface area (Å²) >= 11 is 0. The highest BCUT2D eigenvalue weighted by atomic mass is 19.4. The van der Waals surface area contributed by atoms with Crippen LogP contribution >= 0.6 is 0 Å². The van der Waals surface area contributed by atoms with E-state index in [9.17, 15) is 23.1 Å². The summed E-state index contributed by atoms with van der Waals surface area (Å²) in [6.45, 7) is 7.03. The van der Waals surface area contributed by atoms with Crippen molar-refractivity contribution in [1.82, 2.24) is 0 Å². The second-order valence-corrected chi connectivity index (χ2v) is 6.56. The Bertz CT molecular complexity index is 594. The average molecular weight is 315 g/mol. The second kappa shape index (κ2) is 5.18.